The minimum atomic E-state index is 1.07. The molecule has 0 bridgehead atoms. The predicted molar refractivity (Wildman–Crippen MR) is 529 cm³/mol. The van der Waals surface area contributed by atoms with Crippen molar-refractivity contribution >= 4 is 125 Å². The monoisotopic (exact) mass is 1630 g/mol. The Morgan fingerprint density at radius 3 is 0.339 bits per heavy atom. The van der Waals surface area contributed by atoms with Gasteiger partial charge in [0.1, 0.15) is 0 Å². The summed E-state index contributed by atoms with van der Waals surface area (Å²) in [6.45, 7) is 0. The van der Waals surface area contributed by atoms with Crippen molar-refractivity contribution < 1.29 is 0 Å². The molecule has 0 saturated carbocycles. The van der Waals surface area contributed by atoms with Gasteiger partial charge in [-0.25, -0.2) is 0 Å². The molecule has 0 aliphatic heterocycles. The summed E-state index contributed by atoms with van der Waals surface area (Å²) in [5.41, 5.74) is 29.3. The van der Waals surface area contributed by atoms with Gasteiger partial charge in [-0.3, -0.25) is 0 Å². The van der Waals surface area contributed by atoms with Crippen LogP contribution in [0, 0.1) is 0 Å². The Labute approximate surface area is 734 Å². The fraction of sp³-hybridized carbons (Fsp3) is 0. The van der Waals surface area contributed by atoms with Gasteiger partial charge in [0.05, 0.1) is 0 Å². The summed E-state index contributed by atoms with van der Waals surface area (Å²) in [5, 5.41) is 0. The summed E-state index contributed by atoms with van der Waals surface area (Å²) in [4.78, 5) is 18.9. The second-order valence-corrected chi connectivity index (χ2v) is 32.2. The molecule has 0 N–H and O–H groups in total. The van der Waals surface area contributed by atoms with Crippen LogP contribution in [0.15, 0.2) is 522 Å². The summed E-state index contributed by atoms with van der Waals surface area (Å²) in [5.74, 6) is 0. The van der Waals surface area contributed by atoms with Crippen molar-refractivity contribution in [2.24, 2.45) is 0 Å². The summed E-state index contributed by atoms with van der Waals surface area (Å²) < 4.78 is 0. The van der Waals surface area contributed by atoms with Crippen LogP contribution in [0.1, 0.15) is 0 Å². The van der Waals surface area contributed by atoms with Crippen LogP contribution in [0.4, 0.5) is 102 Å². The third-order valence-electron chi connectivity index (χ3n) is 22.2. The van der Waals surface area contributed by atoms with Gasteiger partial charge in [-0.05, 0) is 287 Å². The summed E-state index contributed by atoms with van der Waals surface area (Å²) in [7, 11) is 0. The highest BCUT2D eigenvalue weighted by molar-refractivity contribution is 7.19. The first-order chi connectivity index (χ1) is 61.5. The van der Waals surface area contributed by atoms with Crippen LogP contribution in [-0.4, -0.2) is 0 Å². The summed E-state index contributed by atoms with van der Waals surface area (Å²) >= 11 is 3.65. The maximum absolute atomic E-state index is 2.35. The average molecular weight is 1630 g/mol. The molecule has 2 aromatic heterocycles. The Morgan fingerprint density at radius 1 is 0.0887 bits per heavy atom. The van der Waals surface area contributed by atoms with Crippen molar-refractivity contribution in [3.63, 3.8) is 0 Å². The van der Waals surface area contributed by atoms with E-state index in [1.54, 1.807) is 0 Å². The molecule has 0 amide bonds. The maximum Gasteiger partial charge on any atom is 0.0463 e. The molecular weight excluding hydrogens is 1540 g/mol. The summed E-state index contributed by atoms with van der Waals surface area (Å²) in [6.07, 6.45) is 0. The third kappa shape index (κ3) is 17.6. The normalized spacial score (nSPS) is 10.9. The molecule has 2 heterocycles. The Bertz CT molecular complexity index is 6290. The number of rotatable bonds is 24. The molecule has 0 spiro atoms. The predicted octanol–water partition coefficient (Wildman–Crippen LogP) is 34.3. The first kappa shape index (κ1) is 78.0. The lowest BCUT2D eigenvalue weighted by atomic mass is 10.0. The van der Waals surface area contributed by atoms with E-state index in [4.69, 9.17) is 0 Å². The highest BCUT2D eigenvalue weighted by Gasteiger charge is 2.22. The van der Waals surface area contributed by atoms with Gasteiger partial charge < -0.3 is 29.4 Å². The topological polar surface area (TPSA) is 19.4 Å². The molecule has 20 aromatic rings. The second kappa shape index (κ2) is 37.2. The Hall–Kier alpha value is -15.8. The van der Waals surface area contributed by atoms with Crippen molar-refractivity contribution in [1.29, 1.82) is 0 Å². The number of thiophene rings is 2. The van der Waals surface area contributed by atoms with E-state index < -0.39 is 0 Å². The van der Waals surface area contributed by atoms with Crippen LogP contribution >= 0.6 is 22.7 Å². The summed E-state index contributed by atoms with van der Waals surface area (Å²) in [6, 6.07) is 186. The van der Waals surface area contributed by atoms with E-state index in [1.807, 2.05) is 22.7 Å². The smallest absolute Gasteiger partial charge is 0.0463 e. The molecule has 0 atom stereocenters. The molecule has 124 heavy (non-hydrogen) atoms. The number of para-hydroxylation sites is 8. The standard InChI is InChI=1S/C64H47N3S.C52H39N3S/c1-6-16-52(17-7-1)63-46-47-64(68-63)53-34-44-62(45-35-53)67(60-40-30-50(31-41-60)48-26-36-58(37-27-48)65(54-18-8-2-9-19-54)55-20-10-3-11-21-55)61-42-32-51(33-43-61)49-28-38-59(39-29-49)66(56-22-12-4-13-23-56)57-24-14-5-15-25-57;1-6-16-40(17-7-1)51-38-39-52(56-51)41-26-28-46(29-27-41)55(49-34-30-47(31-35-49)53(42-18-8-2-9-19-42)43-20-10-3-11-21-43)50-36-32-48(33-37-50)54(44-22-12-4-13-23-44)45-24-14-5-15-25-45/h1-47H;1-39H. The molecule has 0 fully saturated rings. The lowest BCUT2D eigenvalue weighted by molar-refractivity contribution is 1.24. The van der Waals surface area contributed by atoms with Crippen LogP contribution in [0.5, 0.6) is 0 Å². The zero-order valence-electron chi connectivity index (χ0n) is 68.2. The molecule has 20 rings (SSSR count). The fourth-order valence-corrected chi connectivity index (χ4v) is 18.1. The van der Waals surface area contributed by atoms with E-state index in [0.29, 0.717) is 0 Å². The Morgan fingerprint density at radius 2 is 0.194 bits per heavy atom. The van der Waals surface area contributed by atoms with E-state index >= 15 is 0 Å². The first-order valence-corrected chi connectivity index (χ1v) is 43.5. The minimum Gasteiger partial charge on any atom is -0.311 e. The van der Waals surface area contributed by atoms with Crippen LogP contribution in [0.3, 0.4) is 0 Å². The van der Waals surface area contributed by atoms with Gasteiger partial charge in [-0.15, -0.1) is 22.7 Å². The zero-order valence-corrected chi connectivity index (χ0v) is 69.8. The molecule has 0 aliphatic carbocycles. The van der Waals surface area contributed by atoms with Gasteiger partial charge in [0.25, 0.3) is 0 Å². The van der Waals surface area contributed by atoms with E-state index in [1.165, 1.54) is 41.8 Å². The molecular formula is C116H86N6S2. The number of hydrogen-bond acceptors (Lipinski definition) is 8. The van der Waals surface area contributed by atoms with Crippen LogP contribution in [0.2, 0.25) is 0 Å². The van der Waals surface area contributed by atoms with Crippen LogP contribution < -0.4 is 29.4 Å². The van der Waals surface area contributed by atoms with E-state index in [0.717, 1.165) is 125 Å². The van der Waals surface area contributed by atoms with E-state index in [9.17, 15) is 0 Å². The average Bonchev–Trinajstić information content (AvgIpc) is 0.863. The van der Waals surface area contributed by atoms with Gasteiger partial charge in [-0.1, -0.05) is 279 Å². The second-order valence-electron chi connectivity index (χ2n) is 30.1. The maximum atomic E-state index is 2.35. The highest BCUT2D eigenvalue weighted by Crippen LogP contribution is 2.47. The minimum absolute atomic E-state index is 1.07. The van der Waals surface area contributed by atoms with E-state index in [2.05, 4.69) is 551 Å². The van der Waals surface area contributed by atoms with Crippen LogP contribution in [-0.2, 0) is 0 Å². The van der Waals surface area contributed by atoms with Crippen molar-refractivity contribution in [2.75, 3.05) is 29.4 Å². The zero-order chi connectivity index (χ0) is 83.0. The Kier molecular flexibility index (Phi) is 23.4. The van der Waals surface area contributed by atoms with Gasteiger partial charge in [0.2, 0.25) is 0 Å². The molecule has 6 nitrogen and oxygen atoms in total. The lowest BCUT2D eigenvalue weighted by Gasteiger charge is -2.29. The molecule has 0 unspecified atom stereocenters. The van der Waals surface area contributed by atoms with Crippen molar-refractivity contribution in [2.45, 2.75) is 0 Å². The van der Waals surface area contributed by atoms with Gasteiger partial charge >= 0.3 is 0 Å². The quantitative estimate of drug-likeness (QED) is 0.0596. The largest absolute Gasteiger partial charge is 0.311 e. The van der Waals surface area contributed by atoms with Gasteiger partial charge in [0.15, 0.2) is 0 Å². The van der Waals surface area contributed by atoms with Gasteiger partial charge in [-0.2, -0.15) is 0 Å². The van der Waals surface area contributed by atoms with Crippen molar-refractivity contribution in [3.05, 3.63) is 522 Å². The van der Waals surface area contributed by atoms with E-state index in [-0.39, 0.29) is 0 Å². The molecule has 0 saturated heterocycles. The number of nitrogens with zero attached hydrogens (tertiary/aromatic N) is 6. The molecule has 0 aliphatic rings. The Balaban J connectivity index is 0.000000166. The number of benzene rings is 18. The molecule has 592 valence electrons. The van der Waals surface area contributed by atoms with Crippen molar-refractivity contribution in [3.8, 4) is 64.0 Å². The molecule has 18 aromatic carbocycles. The molecule has 0 radical (unpaired) electrons. The first-order valence-electron chi connectivity index (χ1n) is 41.8. The fourth-order valence-electron chi connectivity index (χ4n) is 16.1. The van der Waals surface area contributed by atoms with Crippen LogP contribution in [0.25, 0.3) is 64.0 Å². The highest BCUT2D eigenvalue weighted by atomic mass is 32.1. The van der Waals surface area contributed by atoms with Crippen molar-refractivity contribution in [1.82, 2.24) is 0 Å². The third-order valence-corrected chi connectivity index (χ3v) is 24.5. The lowest BCUT2D eigenvalue weighted by Crippen LogP contribution is -2.13. The number of hydrogen-bond donors (Lipinski definition) is 0. The number of anilines is 18. The van der Waals surface area contributed by atoms with Gasteiger partial charge in [0, 0.05) is 122 Å². The molecule has 8 heteroatoms. The SMILES string of the molecule is c1ccc(-c2ccc(-c3ccc(N(c4ccc(-c5ccc(N(c6ccccc6)c6ccccc6)cc5)cc4)c4ccc(-c5ccc(N(c6ccccc6)c6ccccc6)cc5)cc4)cc3)s2)cc1.c1ccc(-c2ccc(-c3ccc(N(c4ccc(N(c5ccccc5)c5ccccc5)cc4)c4ccc(N(c5ccccc5)c5ccccc5)cc4)cc3)s2)cc1.